The van der Waals surface area contributed by atoms with Crippen LogP contribution in [0.1, 0.15) is 23.5 Å². The summed E-state index contributed by atoms with van der Waals surface area (Å²) in [7, 11) is 4.74. The maximum atomic E-state index is 12.6. The molecule has 1 aliphatic rings. The van der Waals surface area contributed by atoms with Gasteiger partial charge in [0, 0.05) is 17.7 Å². The fourth-order valence-electron chi connectivity index (χ4n) is 3.88. The molecule has 0 aromatic heterocycles. The summed E-state index contributed by atoms with van der Waals surface area (Å²) < 4.78 is 17.3. The highest BCUT2D eigenvalue weighted by molar-refractivity contribution is 9.10. The number of rotatable bonds is 4. The van der Waals surface area contributed by atoms with Crippen LogP contribution < -0.4 is 19.5 Å². The second-order valence-corrected chi connectivity index (χ2v) is 7.40. The van der Waals surface area contributed by atoms with Crippen LogP contribution >= 0.6 is 15.9 Å². The molecule has 144 valence electrons. The molecule has 0 spiro atoms. The molecule has 5 nitrogen and oxygen atoms in total. The van der Waals surface area contributed by atoms with Gasteiger partial charge in [-0.1, -0.05) is 36.4 Å². The quantitative estimate of drug-likeness (QED) is 0.611. The summed E-state index contributed by atoms with van der Waals surface area (Å²) in [6, 6.07) is 14.1. The molecule has 3 aromatic rings. The Morgan fingerprint density at radius 3 is 2.43 bits per heavy atom. The van der Waals surface area contributed by atoms with Gasteiger partial charge in [0.25, 0.3) is 0 Å². The minimum absolute atomic E-state index is 0.0190. The highest BCUT2D eigenvalue weighted by atomic mass is 79.9. The summed E-state index contributed by atoms with van der Waals surface area (Å²) in [4.78, 5) is 12.6. The number of nitrogens with one attached hydrogen (secondary N) is 1. The van der Waals surface area contributed by atoms with Crippen molar-refractivity contribution in [3.8, 4) is 17.2 Å². The van der Waals surface area contributed by atoms with Crippen molar-refractivity contribution in [2.75, 3.05) is 26.6 Å². The second-order valence-electron chi connectivity index (χ2n) is 6.60. The van der Waals surface area contributed by atoms with E-state index in [-0.39, 0.29) is 11.8 Å². The molecule has 0 radical (unpaired) electrons. The Morgan fingerprint density at radius 2 is 1.71 bits per heavy atom. The SMILES string of the molecule is COc1cc([C@@H]2CC(=O)Nc3c2ccc2ccccc32)c(Br)c(OC)c1OC. The molecule has 1 amide bonds. The Kier molecular flexibility index (Phi) is 4.89. The molecule has 0 unspecified atom stereocenters. The monoisotopic (exact) mass is 441 g/mol. The number of fused-ring (bicyclic) bond motifs is 3. The van der Waals surface area contributed by atoms with Crippen molar-refractivity contribution in [1.29, 1.82) is 0 Å². The minimum atomic E-state index is -0.142. The number of carbonyl (C=O) groups excluding carboxylic acids is 1. The maximum absolute atomic E-state index is 12.6. The first-order valence-corrected chi connectivity index (χ1v) is 9.68. The average molecular weight is 442 g/mol. The molecule has 1 heterocycles. The third kappa shape index (κ3) is 2.88. The lowest BCUT2D eigenvalue weighted by Crippen LogP contribution is -2.24. The standard InChI is InChI=1S/C22H20BrNO4/c1-26-17-10-16(19(23)22(28-3)21(17)27-2)15-11-18(25)24-20-13-7-5-4-6-12(13)8-9-14(15)20/h4-10,15H,11H2,1-3H3,(H,24,25)/t15-/m1/s1. The van der Waals surface area contributed by atoms with Crippen LogP contribution in [0, 0.1) is 0 Å². The zero-order valence-corrected chi connectivity index (χ0v) is 17.4. The molecule has 0 saturated heterocycles. The lowest BCUT2D eigenvalue weighted by Gasteiger charge is -2.29. The minimum Gasteiger partial charge on any atom is -0.493 e. The highest BCUT2D eigenvalue weighted by Gasteiger charge is 2.32. The van der Waals surface area contributed by atoms with Gasteiger partial charge in [0.2, 0.25) is 11.7 Å². The van der Waals surface area contributed by atoms with Crippen LogP contribution in [0.2, 0.25) is 0 Å². The summed E-state index contributed by atoms with van der Waals surface area (Å²) in [5.41, 5.74) is 2.84. The number of methoxy groups -OCH3 is 3. The molecule has 1 atom stereocenters. The summed E-state index contributed by atoms with van der Waals surface area (Å²) in [6.07, 6.45) is 0.336. The van der Waals surface area contributed by atoms with E-state index in [0.29, 0.717) is 23.7 Å². The second kappa shape index (κ2) is 7.36. The van der Waals surface area contributed by atoms with Gasteiger partial charge in [-0.05, 0) is 38.5 Å². The van der Waals surface area contributed by atoms with Crippen molar-refractivity contribution >= 4 is 38.3 Å². The number of amides is 1. The van der Waals surface area contributed by atoms with Crippen molar-refractivity contribution in [3.63, 3.8) is 0 Å². The zero-order valence-electron chi connectivity index (χ0n) is 15.8. The Morgan fingerprint density at radius 1 is 0.964 bits per heavy atom. The van der Waals surface area contributed by atoms with E-state index in [1.165, 1.54) is 0 Å². The summed E-state index contributed by atoms with van der Waals surface area (Å²) in [6.45, 7) is 0. The normalized spacial score (nSPS) is 15.7. The molecule has 0 aliphatic carbocycles. The zero-order chi connectivity index (χ0) is 19.8. The Labute approximate surface area is 171 Å². The molecule has 4 rings (SSSR count). The van der Waals surface area contributed by atoms with Crippen molar-refractivity contribution in [1.82, 2.24) is 0 Å². The van der Waals surface area contributed by atoms with E-state index in [2.05, 4.69) is 33.4 Å². The van der Waals surface area contributed by atoms with Crippen molar-refractivity contribution in [3.05, 3.63) is 58.1 Å². The predicted molar refractivity (Wildman–Crippen MR) is 113 cm³/mol. The van der Waals surface area contributed by atoms with E-state index in [1.807, 2.05) is 30.3 Å². The van der Waals surface area contributed by atoms with Gasteiger partial charge in [-0.15, -0.1) is 0 Å². The third-order valence-corrected chi connectivity index (χ3v) is 5.98. The van der Waals surface area contributed by atoms with E-state index in [9.17, 15) is 4.79 Å². The van der Waals surface area contributed by atoms with Gasteiger partial charge in [-0.25, -0.2) is 0 Å². The number of hydrogen-bond donors (Lipinski definition) is 1. The topological polar surface area (TPSA) is 56.8 Å². The number of benzene rings is 3. The summed E-state index contributed by atoms with van der Waals surface area (Å²) in [5.74, 6) is 1.46. The smallest absolute Gasteiger partial charge is 0.225 e. The number of halogens is 1. The fraction of sp³-hybridized carbons (Fsp3) is 0.227. The van der Waals surface area contributed by atoms with E-state index >= 15 is 0 Å². The largest absolute Gasteiger partial charge is 0.493 e. The molecule has 0 bridgehead atoms. The molecule has 28 heavy (non-hydrogen) atoms. The van der Waals surface area contributed by atoms with Crippen molar-refractivity contribution < 1.29 is 19.0 Å². The maximum Gasteiger partial charge on any atom is 0.225 e. The molecule has 1 N–H and O–H groups in total. The van der Waals surface area contributed by atoms with Crippen LogP contribution in [0.3, 0.4) is 0 Å². The van der Waals surface area contributed by atoms with Crippen LogP contribution in [0.4, 0.5) is 5.69 Å². The number of hydrogen-bond acceptors (Lipinski definition) is 4. The lowest BCUT2D eigenvalue weighted by atomic mass is 9.83. The van der Waals surface area contributed by atoms with Crippen molar-refractivity contribution in [2.45, 2.75) is 12.3 Å². The van der Waals surface area contributed by atoms with Gasteiger partial charge in [0.15, 0.2) is 11.5 Å². The highest BCUT2D eigenvalue weighted by Crippen LogP contribution is 2.50. The van der Waals surface area contributed by atoms with Crippen LogP contribution in [0.15, 0.2) is 46.9 Å². The third-order valence-electron chi connectivity index (χ3n) is 5.16. The molecule has 1 aliphatic heterocycles. The average Bonchev–Trinajstić information content (AvgIpc) is 2.72. The number of ether oxygens (including phenoxy) is 3. The van der Waals surface area contributed by atoms with E-state index in [0.717, 1.165) is 32.1 Å². The van der Waals surface area contributed by atoms with Crippen molar-refractivity contribution in [2.24, 2.45) is 0 Å². The molecule has 0 saturated carbocycles. The van der Waals surface area contributed by atoms with Gasteiger partial charge in [0.1, 0.15) is 0 Å². The summed E-state index contributed by atoms with van der Waals surface area (Å²) >= 11 is 3.66. The first-order valence-electron chi connectivity index (χ1n) is 8.88. The van der Waals surface area contributed by atoms with Gasteiger partial charge < -0.3 is 19.5 Å². The van der Waals surface area contributed by atoms with E-state index < -0.39 is 0 Å². The van der Waals surface area contributed by atoms with Crippen LogP contribution in [-0.4, -0.2) is 27.2 Å². The predicted octanol–water partition coefficient (Wildman–Crippen LogP) is 5.10. The number of anilines is 1. The van der Waals surface area contributed by atoms with Gasteiger partial charge in [0.05, 0.1) is 31.5 Å². The first-order chi connectivity index (χ1) is 13.6. The van der Waals surface area contributed by atoms with Gasteiger partial charge >= 0.3 is 0 Å². The molecule has 3 aromatic carbocycles. The van der Waals surface area contributed by atoms with Gasteiger partial charge in [-0.3, -0.25) is 4.79 Å². The molecule has 0 fully saturated rings. The summed E-state index contributed by atoms with van der Waals surface area (Å²) in [5, 5.41) is 5.18. The number of carbonyl (C=O) groups is 1. The Hall–Kier alpha value is -2.73. The Balaban J connectivity index is 1.97. The first kappa shape index (κ1) is 18.6. The molecular formula is C22H20BrNO4. The van der Waals surface area contributed by atoms with Crippen LogP contribution in [0.25, 0.3) is 10.8 Å². The lowest BCUT2D eigenvalue weighted by molar-refractivity contribution is -0.116. The van der Waals surface area contributed by atoms with Crippen LogP contribution in [-0.2, 0) is 4.79 Å². The van der Waals surface area contributed by atoms with E-state index in [4.69, 9.17) is 14.2 Å². The van der Waals surface area contributed by atoms with Crippen LogP contribution in [0.5, 0.6) is 17.2 Å². The Bertz CT molecular complexity index is 1080. The fourth-order valence-corrected chi connectivity index (χ4v) is 4.61. The van der Waals surface area contributed by atoms with Gasteiger partial charge in [-0.2, -0.15) is 0 Å². The van der Waals surface area contributed by atoms with E-state index in [1.54, 1.807) is 21.3 Å². The molecule has 6 heteroatoms. The molecular weight excluding hydrogens is 422 g/mol.